The van der Waals surface area contributed by atoms with Gasteiger partial charge in [-0.15, -0.1) is 0 Å². The molecule has 0 aromatic heterocycles. The molecule has 3 N–H and O–H groups in total. The van der Waals surface area contributed by atoms with Crippen LogP contribution in [0.3, 0.4) is 0 Å². The van der Waals surface area contributed by atoms with Crippen LogP contribution in [0.4, 0.5) is 5.69 Å². The zero-order valence-electron chi connectivity index (χ0n) is 12.5. The zero-order valence-corrected chi connectivity index (χ0v) is 17.2. The Morgan fingerprint density at radius 2 is 1.88 bits per heavy atom. The van der Waals surface area contributed by atoms with Crippen LogP contribution in [0.15, 0.2) is 49.8 Å². The monoisotopic (exact) mass is 520 g/mol. The maximum absolute atomic E-state index is 12.1. The van der Waals surface area contributed by atoms with Crippen molar-refractivity contribution >= 4 is 59.4 Å². The van der Waals surface area contributed by atoms with Gasteiger partial charge in [0.25, 0.3) is 5.91 Å². The molecular formula is C16H15Br3N2O3. The number of amides is 1. The number of carbonyl (C=O) groups excluding carboxylic acids is 1. The van der Waals surface area contributed by atoms with Gasteiger partial charge in [-0.25, -0.2) is 0 Å². The van der Waals surface area contributed by atoms with Crippen molar-refractivity contribution in [3.8, 4) is 5.75 Å². The predicted molar refractivity (Wildman–Crippen MR) is 104 cm³/mol. The Morgan fingerprint density at radius 1 is 1.17 bits per heavy atom. The Balaban J connectivity index is 0.000000355. The highest BCUT2D eigenvalue weighted by atomic mass is 79.9. The molecule has 0 aliphatic carbocycles. The number of aromatic hydroxyl groups is 1. The van der Waals surface area contributed by atoms with Crippen molar-refractivity contribution in [2.75, 3.05) is 25.2 Å². The van der Waals surface area contributed by atoms with Crippen LogP contribution in [0.1, 0.15) is 10.4 Å². The zero-order chi connectivity index (χ0) is 17.5. The largest absolute Gasteiger partial charge is 0.506 e. The Labute approximate surface area is 165 Å². The van der Waals surface area contributed by atoms with Gasteiger partial charge in [0.2, 0.25) is 0 Å². The minimum atomic E-state index is -0.377. The molecule has 0 atom stereocenters. The van der Waals surface area contributed by atoms with Crippen LogP contribution in [-0.2, 0) is 4.74 Å². The fourth-order valence-corrected chi connectivity index (χ4v) is 3.26. The lowest BCUT2D eigenvalue weighted by atomic mass is 10.2. The van der Waals surface area contributed by atoms with Gasteiger partial charge in [-0.05, 0) is 66.0 Å². The second-order valence-corrected chi connectivity index (χ2v) is 7.20. The van der Waals surface area contributed by atoms with E-state index in [2.05, 4.69) is 58.4 Å². The smallest absolute Gasteiger partial charge is 0.259 e. The summed E-state index contributed by atoms with van der Waals surface area (Å²) >= 11 is 9.84. The molecular weight excluding hydrogens is 508 g/mol. The third-order valence-corrected chi connectivity index (χ3v) is 6.33. The van der Waals surface area contributed by atoms with E-state index in [9.17, 15) is 9.90 Å². The number of nitrogens with one attached hydrogen (secondary N) is 2. The average molecular weight is 523 g/mol. The topological polar surface area (TPSA) is 70.6 Å². The van der Waals surface area contributed by atoms with Crippen LogP contribution < -0.4 is 10.6 Å². The van der Waals surface area contributed by atoms with E-state index in [1.54, 1.807) is 18.2 Å². The molecule has 0 spiro atoms. The second kappa shape index (κ2) is 9.53. The number of hydrogen-bond donors (Lipinski definition) is 3. The van der Waals surface area contributed by atoms with Crippen molar-refractivity contribution in [1.29, 1.82) is 0 Å². The molecule has 1 heterocycles. The predicted octanol–water partition coefficient (Wildman–Crippen LogP) is 4.50. The van der Waals surface area contributed by atoms with Gasteiger partial charge < -0.3 is 15.2 Å². The first-order valence-electron chi connectivity index (χ1n) is 7.02. The average Bonchev–Trinajstić information content (AvgIpc) is 3.17. The van der Waals surface area contributed by atoms with Crippen molar-refractivity contribution in [3.05, 3.63) is 55.4 Å². The first-order chi connectivity index (χ1) is 11.5. The number of hydrogen-bond acceptors (Lipinski definition) is 4. The Kier molecular flexibility index (Phi) is 7.70. The minimum absolute atomic E-state index is 0.108. The molecule has 5 nitrogen and oxygen atoms in total. The van der Waals surface area contributed by atoms with Crippen LogP contribution >= 0.6 is 47.8 Å². The maximum Gasteiger partial charge on any atom is 0.259 e. The number of rotatable bonds is 2. The molecule has 0 bridgehead atoms. The van der Waals surface area contributed by atoms with Crippen molar-refractivity contribution in [2.45, 2.75) is 0 Å². The van der Waals surface area contributed by atoms with E-state index in [0.29, 0.717) is 19.1 Å². The normalized spacial score (nSPS) is 13.1. The second-order valence-electron chi connectivity index (χ2n) is 4.76. The van der Waals surface area contributed by atoms with Crippen molar-refractivity contribution < 1.29 is 14.6 Å². The van der Waals surface area contributed by atoms with Crippen LogP contribution in [-0.4, -0.2) is 30.9 Å². The molecule has 1 aliphatic heterocycles. The van der Waals surface area contributed by atoms with E-state index in [4.69, 9.17) is 4.74 Å². The minimum Gasteiger partial charge on any atom is -0.506 e. The van der Waals surface area contributed by atoms with E-state index in [0.717, 1.165) is 19.9 Å². The molecule has 0 saturated carbocycles. The molecule has 8 heteroatoms. The maximum atomic E-state index is 12.1. The van der Waals surface area contributed by atoms with Crippen LogP contribution in [0, 0.1) is 0 Å². The first-order valence-corrected chi connectivity index (χ1v) is 9.40. The molecule has 1 saturated heterocycles. The van der Waals surface area contributed by atoms with Gasteiger partial charge in [-0.3, -0.25) is 10.1 Å². The molecule has 2 aromatic rings. The van der Waals surface area contributed by atoms with Crippen LogP contribution in [0.5, 0.6) is 5.75 Å². The van der Waals surface area contributed by atoms with Crippen molar-refractivity contribution in [1.82, 2.24) is 5.32 Å². The lowest BCUT2D eigenvalue weighted by molar-refractivity contribution is 0.102. The van der Waals surface area contributed by atoms with Gasteiger partial charge in [0.05, 0.1) is 23.4 Å². The van der Waals surface area contributed by atoms with Gasteiger partial charge in [-0.2, -0.15) is 0 Å². The SMILES string of the molecule is C1COCN1.O=C(Nc1ccccc1)c1cc(Br)c(Br)c(Br)c1O. The summed E-state index contributed by atoms with van der Waals surface area (Å²) in [6.45, 7) is 2.67. The summed E-state index contributed by atoms with van der Waals surface area (Å²) in [5, 5.41) is 15.7. The lowest BCUT2D eigenvalue weighted by Crippen LogP contribution is -2.12. The fraction of sp³-hybridized carbons (Fsp3) is 0.188. The van der Waals surface area contributed by atoms with E-state index in [1.807, 2.05) is 18.2 Å². The van der Waals surface area contributed by atoms with Crippen molar-refractivity contribution in [2.24, 2.45) is 0 Å². The van der Waals surface area contributed by atoms with E-state index < -0.39 is 0 Å². The summed E-state index contributed by atoms with van der Waals surface area (Å²) in [4.78, 5) is 12.1. The molecule has 2 aromatic carbocycles. The first kappa shape index (κ1) is 19.4. The Morgan fingerprint density at radius 3 is 2.42 bits per heavy atom. The van der Waals surface area contributed by atoms with Crippen LogP contribution in [0.2, 0.25) is 0 Å². The molecule has 0 unspecified atom stereocenters. The van der Waals surface area contributed by atoms with E-state index >= 15 is 0 Å². The Bertz CT molecular complexity index is 700. The van der Waals surface area contributed by atoms with Gasteiger partial charge in [-0.1, -0.05) is 18.2 Å². The van der Waals surface area contributed by atoms with E-state index in [-0.39, 0.29) is 17.2 Å². The number of ether oxygens (including phenoxy) is 1. The van der Waals surface area contributed by atoms with Gasteiger partial charge in [0.1, 0.15) is 5.75 Å². The molecule has 0 radical (unpaired) electrons. The summed E-state index contributed by atoms with van der Waals surface area (Å²) < 4.78 is 6.59. The number of phenolic OH excluding ortho intramolecular Hbond substituents is 1. The summed E-state index contributed by atoms with van der Waals surface area (Å²) in [5.74, 6) is -0.485. The van der Waals surface area contributed by atoms with Gasteiger partial charge >= 0.3 is 0 Å². The standard InChI is InChI=1S/C13H8Br3NO2.C3H7NO/c14-9-6-8(12(18)11(16)10(9)15)13(19)17-7-4-2-1-3-5-7;1-2-5-3-4-1/h1-6,18H,(H,17,19);4H,1-3H2. The van der Waals surface area contributed by atoms with Crippen molar-refractivity contribution in [3.63, 3.8) is 0 Å². The van der Waals surface area contributed by atoms with Crippen LogP contribution in [0.25, 0.3) is 0 Å². The summed E-state index contributed by atoms with van der Waals surface area (Å²) in [7, 11) is 0. The molecule has 1 aliphatic rings. The third-order valence-electron chi connectivity index (χ3n) is 3.04. The molecule has 24 heavy (non-hydrogen) atoms. The summed E-state index contributed by atoms with van der Waals surface area (Å²) in [6.07, 6.45) is 0. The molecule has 3 rings (SSSR count). The highest BCUT2D eigenvalue weighted by Gasteiger charge is 2.18. The number of halogens is 3. The summed E-state index contributed by atoms with van der Waals surface area (Å²) in [6, 6.07) is 10.6. The van der Waals surface area contributed by atoms with Gasteiger partial charge in [0, 0.05) is 21.2 Å². The number of anilines is 1. The lowest BCUT2D eigenvalue weighted by Gasteiger charge is -2.10. The molecule has 1 fully saturated rings. The third kappa shape index (κ3) is 5.29. The highest BCUT2D eigenvalue weighted by molar-refractivity contribution is 9.14. The number of benzene rings is 2. The fourth-order valence-electron chi connectivity index (χ4n) is 1.84. The van der Waals surface area contributed by atoms with Gasteiger partial charge in [0.15, 0.2) is 0 Å². The number of phenols is 1. The quantitative estimate of drug-likeness (QED) is 0.508. The molecule has 1 amide bonds. The number of carbonyl (C=O) groups is 1. The Hall–Kier alpha value is -0.930. The number of para-hydroxylation sites is 1. The summed E-state index contributed by atoms with van der Waals surface area (Å²) in [5.41, 5.74) is 0.855. The van der Waals surface area contributed by atoms with E-state index in [1.165, 1.54) is 0 Å². The highest BCUT2D eigenvalue weighted by Crippen LogP contribution is 2.40. The molecule has 128 valence electrons.